The second kappa shape index (κ2) is 3.47. The smallest absolute Gasteiger partial charge is 0.271 e. The average Bonchev–Trinajstić information content (AvgIpc) is 2.62. The number of hydrogen-bond acceptors (Lipinski definition) is 2. The largest absolute Gasteiger partial charge is 0.276 e. The van der Waals surface area contributed by atoms with Crippen molar-refractivity contribution < 1.29 is 0 Å². The number of nitrogens with one attached hydrogen (secondary N) is 1. The molecule has 0 unspecified atom stereocenters. The van der Waals surface area contributed by atoms with E-state index in [0.29, 0.717) is 5.65 Å². The summed E-state index contributed by atoms with van der Waals surface area (Å²) < 4.78 is 1.50. The Kier molecular flexibility index (Phi) is 2.37. The molecule has 2 rings (SSSR count). The Balaban J connectivity index is 2.70. The average molecular weight is 219 g/mol. The third-order valence-corrected chi connectivity index (χ3v) is 3.13. The van der Waals surface area contributed by atoms with Crippen molar-refractivity contribution in [2.75, 3.05) is 0 Å². The molecule has 0 amide bonds. The Bertz CT molecular complexity index is 577. The monoisotopic (exact) mass is 219 g/mol. The number of aromatic amines is 1. The molecule has 0 aromatic carbocycles. The van der Waals surface area contributed by atoms with Gasteiger partial charge in [0.15, 0.2) is 5.65 Å². The molecule has 4 heteroatoms. The van der Waals surface area contributed by atoms with Crippen molar-refractivity contribution in [1.82, 2.24) is 14.6 Å². The van der Waals surface area contributed by atoms with E-state index < -0.39 is 0 Å². The van der Waals surface area contributed by atoms with E-state index in [4.69, 9.17) is 0 Å². The number of rotatable bonds is 2. The van der Waals surface area contributed by atoms with E-state index in [1.807, 2.05) is 13.0 Å². The Morgan fingerprint density at radius 1 is 1.44 bits per heavy atom. The first-order valence-electron chi connectivity index (χ1n) is 5.54. The molecule has 1 N–H and O–H groups in total. The number of hydrogen-bond donors (Lipinski definition) is 1. The molecule has 0 fully saturated rings. The summed E-state index contributed by atoms with van der Waals surface area (Å²) in [5, 5.41) is 3.08. The molecular formula is C12H17N3O. The van der Waals surface area contributed by atoms with Gasteiger partial charge in [0, 0.05) is 11.5 Å². The predicted molar refractivity (Wildman–Crippen MR) is 63.9 cm³/mol. The van der Waals surface area contributed by atoms with Gasteiger partial charge in [-0.2, -0.15) is 0 Å². The first-order chi connectivity index (χ1) is 7.44. The zero-order chi connectivity index (χ0) is 11.9. The molecule has 0 atom stereocenters. The van der Waals surface area contributed by atoms with E-state index in [0.717, 1.165) is 17.8 Å². The van der Waals surface area contributed by atoms with Gasteiger partial charge in [-0.3, -0.25) is 9.89 Å². The predicted octanol–water partition coefficient (Wildman–Crippen LogP) is 2.02. The van der Waals surface area contributed by atoms with Gasteiger partial charge in [0.2, 0.25) is 0 Å². The second-order valence-corrected chi connectivity index (χ2v) is 4.87. The van der Waals surface area contributed by atoms with Crippen LogP contribution in [0, 0.1) is 6.92 Å². The summed E-state index contributed by atoms with van der Waals surface area (Å²) in [6, 6.07) is 3.51. The first kappa shape index (κ1) is 10.9. The molecule has 4 nitrogen and oxygen atoms in total. The van der Waals surface area contributed by atoms with Crippen LogP contribution in [-0.4, -0.2) is 14.6 Å². The molecule has 0 radical (unpaired) electrons. The maximum atomic E-state index is 11.7. The highest BCUT2D eigenvalue weighted by molar-refractivity contribution is 5.40. The standard InChI is InChI=1S/C12H17N3O/c1-5-12(3,4)11-13-9-6-8(2)7-10(16)15(9)14-11/h6-7H,5H2,1-4H3,(H,13,14). The van der Waals surface area contributed by atoms with Crippen molar-refractivity contribution >= 4 is 5.65 Å². The van der Waals surface area contributed by atoms with Crippen LogP contribution < -0.4 is 5.56 Å². The Hall–Kier alpha value is -1.58. The van der Waals surface area contributed by atoms with Crippen LogP contribution in [0.4, 0.5) is 0 Å². The summed E-state index contributed by atoms with van der Waals surface area (Å²) in [4.78, 5) is 16.2. The minimum atomic E-state index is -0.0550. The lowest BCUT2D eigenvalue weighted by Crippen LogP contribution is -2.19. The Labute approximate surface area is 94.3 Å². The molecule has 86 valence electrons. The summed E-state index contributed by atoms with van der Waals surface area (Å²) >= 11 is 0. The molecule has 16 heavy (non-hydrogen) atoms. The van der Waals surface area contributed by atoms with Crippen molar-refractivity contribution in [3.05, 3.63) is 33.9 Å². The van der Waals surface area contributed by atoms with Gasteiger partial charge in [0.25, 0.3) is 5.56 Å². The minimum Gasteiger partial charge on any atom is -0.276 e. The van der Waals surface area contributed by atoms with Crippen LogP contribution >= 0.6 is 0 Å². The van der Waals surface area contributed by atoms with Crippen molar-refractivity contribution in [3.63, 3.8) is 0 Å². The third-order valence-electron chi connectivity index (χ3n) is 3.13. The molecule has 0 bridgehead atoms. The van der Waals surface area contributed by atoms with Crippen LogP contribution in [0.3, 0.4) is 0 Å². The van der Waals surface area contributed by atoms with Crippen molar-refractivity contribution in [2.45, 2.75) is 39.5 Å². The SMILES string of the molecule is CCC(C)(C)c1nc2cc(C)cc(=O)n2[nH]1. The lowest BCUT2D eigenvalue weighted by molar-refractivity contribution is 0.472. The Morgan fingerprint density at radius 2 is 2.12 bits per heavy atom. The number of pyridine rings is 1. The topological polar surface area (TPSA) is 50.2 Å². The lowest BCUT2D eigenvalue weighted by Gasteiger charge is -2.18. The van der Waals surface area contributed by atoms with Crippen LogP contribution in [0.1, 0.15) is 38.6 Å². The number of nitrogens with zero attached hydrogens (tertiary/aromatic N) is 2. The molecule has 0 aliphatic rings. The quantitative estimate of drug-likeness (QED) is 0.840. The van der Waals surface area contributed by atoms with Gasteiger partial charge in [-0.15, -0.1) is 0 Å². The summed E-state index contributed by atoms with van der Waals surface area (Å²) in [6.07, 6.45) is 0.973. The fourth-order valence-corrected chi connectivity index (χ4v) is 1.59. The number of aromatic nitrogens is 3. The summed E-state index contributed by atoms with van der Waals surface area (Å²) in [7, 11) is 0. The molecule has 0 saturated heterocycles. The van der Waals surface area contributed by atoms with E-state index in [1.165, 1.54) is 4.52 Å². The maximum absolute atomic E-state index is 11.7. The van der Waals surface area contributed by atoms with Gasteiger partial charge in [-0.1, -0.05) is 20.8 Å². The van der Waals surface area contributed by atoms with Gasteiger partial charge in [-0.25, -0.2) is 9.50 Å². The van der Waals surface area contributed by atoms with Gasteiger partial charge in [-0.05, 0) is 25.0 Å². The lowest BCUT2D eigenvalue weighted by atomic mass is 9.90. The van der Waals surface area contributed by atoms with Gasteiger partial charge in [0.1, 0.15) is 5.82 Å². The van der Waals surface area contributed by atoms with Crippen LogP contribution in [0.15, 0.2) is 16.9 Å². The molecule has 2 aromatic heterocycles. The molecular weight excluding hydrogens is 202 g/mol. The van der Waals surface area contributed by atoms with Gasteiger partial charge in [0.05, 0.1) is 0 Å². The second-order valence-electron chi connectivity index (χ2n) is 4.87. The highest BCUT2D eigenvalue weighted by Crippen LogP contribution is 2.23. The molecule has 0 saturated carbocycles. The van der Waals surface area contributed by atoms with E-state index in [1.54, 1.807) is 6.07 Å². The summed E-state index contributed by atoms with van der Waals surface area (Å²) in [5.41, 5.74) is 1.55. The molecule has 0 aliphatic heterocycles. The minimum absolute atomic E-state index is 0.0354. The van der Waals surface area contributed by atoms with E-state index in [2.05, 4.69) is 30.9 Å². The summed E-state index contributed by atoms with van der Waals surface area (Å²) in [5.74, 6) is 0.859. The fraction of sp³-hybridized carbons (Fsp3) is 0.500. The third kappa shape index (κ3) is 1.64. The van der Waals surface area contributed by atoms with Crippen molar-refractivity contribution in [3.8, 4) is 0 Å². The first-order valence-corrected chi connectivity index (χ1v) is 5.54. The van der Waals surface area contributed by atoms with Crippen LogP contribution in [0.25, 0.3) is 5.65 Å². The molecule has 0 aliphatic carbocycles. The van der Waals surface area contributed by atoms with E-state index in [-0.39, 0.29) is 11.0 Å². The van der Waals surface area contributed by atoms with E-state index >= 15 is 0 Å². The zero-order valence-corrected chi connectivity index (χ0v) is 10.2. The van der Waals surface area contributed by atoms with Crippen LogP contribution in [-0.2, 0) is 5.41 Å². The molecule has 2 aromatic rings. The van der Waals surface area contributed by atoms with Crippen molar-refractivity contribution in [1.29, 1.82) is 0 Å². The molecule has 0 spiro atoms. The zero-order valence-electron chi connectivity index (χ0n) is 10.2. The normalized spacial score (nSPS) is 12.2. The van der Waals surface area contributed by atoms with Crippen LogP contribution in [0.5, 0.6) is 0 Å². The highest BCUT2D eigenvalue weighted by Gasteiger charge is 2.22. The van der Waals surface area contributed by atoms with Crippen molar-refractivity contribution in [2.24, 2.45) is 0 Å². The Morgan fingerprint density at radius 3 is 2.75 bits per heavy atom. The van der Waals surface area contributed by atoms with Gasteiger partial charge < -0.3 is 0 Å². The number of fused-ring (bicyclic) bond motifs is 1. The fourth-order valence-electron chi connectivity index (χ4n) is 1.59. The molecule has 2 heterocycles. The number of H-pyrrole nitrogens is 1. The van der Waals surface area contributed by atoms with E-state index in [9.17, 15) is 4.79 Å². The summed E-state index contributed by atoms with van der Waals surface area (Å²) in [6.45, 7) is 8.24. The number of aryl methyl sites for hydroxylation is 1. The van der Waals surface area contributed by atoms with Gasteiger partial charge >= 0.3 is 0 Å². The van der Waals surface area contributed by atoms with Crippen LogP contribution in [0.2, 0.25) is 0 Å². The highest BCUT2D eigenvalue weighted by atomic mass is 16.1. The maximum Gasteiger partial charge on any atom is 0.271 e.